The number of halogens is 1. The van der Waals surface area contributed by atoms with Crippen LogP contribution in [-0.2, 0) is 48.0 Å². The molecule has 4 aromatic rings. The number of amides is 4. The summed E-state index contributed by atoms with van der Waals surface area (Å²) in [4.78, 5) is 70.1. The molecule has 12 nitrogen and oxygen atoms in total. The molecule has 274 valence electrons. The van der Waals surface area contributed by atoms with Crippen molar-refractivity contribution in [3.05, 3.63) is 113 Å². The van der Waals surface area contributed by atoms with E-state index in [1.165, 1.54) is 13.1 Å². The van der Waals surface area contributed by atoms with Gasteiger partial charge in [-0.2, -0.15) is 0 Å². The minimum absolute atomic E-state index is 0.00983. The molecule has 3 aromatic carbocycles. The van der Waals surface area contributed by atoms with Crippen LogP contribution in [0.25, 0.3) is 10.8 Å². The summed E-state index contributed by atoms with van der Waals surface area (Å²) in [5.74, 6) is -3.84. The molecule has 4 rings (SSSR count). The summed E-state index contributed by atoms with van der Waals surface area (Å²) >= 11 is 6.10. The third kappa shape index (κ3) is 12.5. The highest BCUT2D eigenvalue weighted by atomic mass is 35.5. The maximum absolute atomic E-state index is 14.1. The molecule has 0 spiro atoms. The zero-order valence-corrected chi connectivity index (χ0v) is 30.3. The van der Waals surface area contributed by atoms with Crippen LogP contribution in [-0.4, -0.2) is 76.1 Å². The lowest BCUT2D eigenvalue weighted by Gasteiger charge is -2.27. The first-order chi connectivity index (χ1) is 24.7. The number of carbonyl (C=O) groups is 5. The van der Waals surface area contributed by atoms with Crippen LogP contribution in [0, 0.1) is 0 Å². The number of hydrogen-bond donors (Lipinski definition) is 5. The van der Waals surface area contributed by atoms with Crippen molar-refractivity contribution in [3.8, 4) is 0 Å². The molecule has 4 amide bonds. The fourth-order valence-corrected chi connectivity index (χ4v) is 5.54. The quantitative estimate of drug-likeness (QED) is 0.116. The summed E-state index contributed by atoms with van der Waals surface area (Å²) in [6, 6.07) is 18.7. The van der Waals surface area contributed by atoms with Crippen molar-refractivity contribution in [1.29, 1.82) is 0 Å². The third-order valence-corrected chi connectivity index (χ3v) is 8.28. The Kier molecular flexibility index (Phi) is 13.8. The fourth-order valence-electron chi connectivity index (χ4n) is 5.41. The highest BCUT2D eigenvalue weighted by Crippen LogP contribution is 2.18. The number of carbonyl (C=O) groups excluding carboxylic acids is 4. The lowest BCUT2D eigenvalue weighted by Crippen LogP contribution is -2.59. The van der Waals surface area contributed by atoms with Crippen molar-refractivity contribution in [2.24, 2.45) is 0 Å². The van der Waals surface area contributed by atoms with Crippen LogP contribution in [0.4, 0.5) is 0 Å². The van der Waals surface area contributed by atoms with E-state index in [2.05, 4.69) is 26.3 Å². The van der Waals surface area contributed by atoms with Crippen molar-refractivity contribution in [2.75, 3.05) is 6.61 Å². The van der Waals surface area contributed by atoms with E-state index in [1.807, 2.05) is 42.5 Å². The molecule has 0 saturated carbocycles. The number of aliphatic carboxylic acids is 1. The van der Waals surface area contributed by atoms with Gasteiger partial charge < -0.3 is 31.1 Å². The minimum atomic E-state index is -1.40. The second-order valence-corrected chi connectivity index (χ2v) is 13.9. The third-order valence-electron chi connectivity index (χ3n) is 8.03. The molecule has 0 unspecified atom stereocenters. The van der Waals surface area contributed by atoms with Gasteiger partial charge >= 0.3 is 5.97 Å². The first kappa shape index (κ1) is 39.5. The van der Waals surface area contributed by atoms with Crippen molar-refractivity contribution in [3.63, 3.8) is 0 Å². The average Bonchev–Trinajstić information content (AvgIpc) is 3.09. The maximum atomic E-state index is 14.1. The van der Waals surface area contributed by atoms with Crippen molar-refractivity contribution >= 4 is 52.0 Å². The second kappa shape index (κ2) is 18.2. The van der Waals surface area contributed by atoms with Gasteiger partial charge in [0.2, 0.25) is 23.6 Å². The normalized spacial score (nSPS) is 13.6. The number of carboxylic acids is 1. The smallest absolute Gasteiger partial charge is 0.328 e. The molecule has 0 radical (unpaired) electrons. The van der Waals surface area contributed by atoms with E-state index in [0.717, 1.165) is 16.3 Å². The molecule has 0 saturated heterocycles. The van der Waals surface area contributed by atoms with Gasteiger partial charge in [-0.3, -0.25) is 24.2 Å². The Hall–Kier alpha value is -5.33. The van der Waals surface area contributed by atoms with Gasteiger partial charge in [-0.05, 0) is 66.4 Å². The predicted molar refractivity (Wildman–Crippen MR) is 197 cm³/mol. The Morgan fingerprint density at radius 1 is 0.692 bits per heavy atom. The molecule has 0 bridgehead atoms. The molecular weight excluding hydrogens is 686 g/mol. The van der Waals surface area contributed by atoms with Crippen LogP contribution in [0.15, 0.2) is 91.3 Å². The summed E-state index contributed by atoms with van der Waals surface area (Å²) in [5, 5.41) is 23.0. The van der Waals surface area contributed by atoms with E-state index >= 15 is 0 Å². The highest BCUT2D eigenvalue weighted by Gasteiger charge is 2.32. The summed E-state index contributed by atoms with van der Waals surface area (Å²) in [7, 11) is 0. The van der Waals surface area contributed by atoms with E-state index in [0.29, 0.717) is 16.1 Å². The minimum Gasteiger partial charge on any atom is -0.480 e. The number of nitrogens with one attached hydrogen (secondary N) is 4. The first-order valence-electron chi connectivity index (χ1n) is 16.8. The predicted octanol–water partition coefficient (Wildman–Crippen LogP) is 3.77. The number of ether oxygens (including phenoxy) is 1. The lowest BCUT2D eigenvalue weighted by molar-refractivity contribution is -0.145. The zero-order chi connectivity index (χ0) is 37.8. The Balaban J connectivity index is 1.60. The van der Waals surface area contributed by atoms with Gasteiger partial charge in [-0.1, -0.05) is 72.3 Å². The Morgan fingerprint density at radius 3 is 1.79 bits per heavy atom. The number of pyridine rings is 1. The van der Waals surface area contributed by atoms with Gasteiger partial charge in [-0.25, -0.2) is 4.79 Å². The van der Waals surface area contributed by atoms with Crippen molar-refractivity contribution < 1.29 is 33.8 Å². The van der Waals surface area contributed by atoms with Crippen LogP contribution >= 0.6 is 11.6 Å². The molecule has 1 aromatic heterocycles. The maximum Gasteiger partial charge on any atom is 0.328 e. The number of carboxylic acid groups (broad SMARTS) is 1. The molecule has 4 atom stereocenters. The van der Waals surface area contributed by atoms with Gasteiger partial charge in [0.15, 0.2) is 6.04 Å². The average molecular weight is 730 g/mol. The van der Waals surface area contributed by atoms with Gasteiger partial charge in [-0.15, -0.1) is 0 Å². The fraction of sp³-hybridized carbons (Fsp3) is 0.333. The number of rotatable bonds is 16. The van der Waals surface area contributed by atoms with Crippen molar-refractivity contribution in [2.45, 2.75) is 76.7 Å². The number of nitrogens with zero attached hydrogens (tertiary/aromatic N) is 1. The molecule has 1 heterocycles. The van der Waals surface area contributed by atoms with E-state index < -0.39 is 59.4 Å². The molecule has 52 heavy (non-hydrogen) atoms. The summed E-state index contributed by atoms with van der Waals surface area (Å²) in [6.45, 7) is 6.26. The van der Waals surface area contributed by atoms with Crippen LogP contribution in [0.3, 0.4) is 0 Å². The molecule has 0 aliphatic carbocycles. The van der Waals surface area contributed by atoms with E-state index in [9.17, 15) is 29.1 Å². The zero-order valence-electron chi connectivity index (χ0n) is 29.5. The largest absolute Gasteiger partial charge is 0.480 e. The van der Waals surface area contributed by atoms with Crippen LogP contribution in [0.5, 0.6) is 0 Å². The van der Waals surface area contributed by atoms with Crippen LogP contribution in [0.2, 0.25) is 5.02 Å². The Bertz CT molecular complexity index is 1860. The van der Waals surface area contributed by atoms with E-state index in [-0.39, 0.29) is 25.9 Å². The summed E-state index contributed by atoms with van der Waals surface area (Å²) in [6.07, 6.45) is 3.21. The topological polar surface area (TPSA) is 176 Å². The van der Waals surface area contributed by atoms with Gasteiger partial charge in [0.05, 0.1) is 12.2 Å². The van der Waals surface area contributed by atoms with Gasteiger partial charge in [0.1, 0.15) is 18.1 Å². The number of hydrogen-bond acceptors (Lipinski definition) is 7. The van der Waals surface area contributed by atoms with Gasteiger partial charge in [0, 0.05) is 43.6 Å². The van der Waals surface area contributed by atoms with E-state index in [4.69, 9.17) is 16.3 Å². The molecular formula is C39H44ClN5O7. The van der Waals surface area contributed by atoms with Crippen LogP contribution in [0.1, 0.15) is 44.4 Å². The summed E-state index contributed by atoms with van der Waals surface area (Å²) in [5.41, 5.74) is 1.38. The Morgan fingerprint density at radius 2 is 1.23 bits per heavy atom. The SMILES string of the molecule is CC(=O)N[C@H](Cc1ccc2ccccc2c1)C(=O)N[C@H](Cc1ccc(Cl)cc1)C(=O)N[C@H](Cc1cccnc1)C(=O)N[C@@H](COC(C)(C)C)C(=O)O. The highest BCUT2D eigenvalue weighted by molar-refractivity contribution is 6.30. The van der Waals surface area contributed by atoms with Crippen molar-refractivity contribution in [1.82, 2.24) is 26.3 Å². The number of benzene rings is 3. The van der Waals surface area contributed by atoms with E-state index in [1.54, 1.807) is 63.4 Å². The number of fused-ring (bicyclic) bond motifs is 1. The van der Waals surface area contributed by atoms with Gasteiger partial charge in [0.25, 0.3) is 0 Å². The lowest BCUT2D eigenvalue weighted by atomic mass is 9.99. The molecule has 0 aliphatic heterocycles. The van der Waals surface area contributed by atoms with Crippen LogP contribution < -0.4 is 21.3 Å². The summed E-state index contributed by atoms with van der Waals surface area (Å²) < 4.78 is 5.62. The monoisotopic (exact) mass is 729 g/mol. The molecule has 0 fully saturated rings. The molecule has 0 aliphatic rings. The standard InChI is InChI=1S/C39H44ClN5O7/c1-24(46)42-31(20-26-11-14-28-9-5-6-10-29(28)18-26)35(47)43-32(19-25-12-15-30(40)16-13-25)36(48)44-33(21-27-8-7-17-41-22-27)37(49)45-34(38(50)51)23-52-39(2,3)4/h5-18,22,31-34H,19-21,23H2,1-4H3,(H,42,46)(H,43,47)(H,44,48)(H,45,49)(H,50,51)/t31-,32-,33-,34+/m1/s1. The Labute approximate surface area is 307 Å². The number of aromatic nitrogens is 1. The first-order valence-corrected chi connectivity index (χ1v) is 17.2. The second-order valence-electron chi connectivity index (χ2n) is 13.5. The molecule has 5 N–H and O–H groups in total. The molecule has 13 heteroatoms.